The van der Waals surface area contributed by atoms with E-state index in [-0.39, 0.29) is 24.8 Å². The van der Waals surface area contributed by atoms with Crippen molar-refractivity contribution in [1.82, 2.24) is 10.2 Å². The third-order valence-corrected chi connectivity index (χ3v) is 3.63. The lowest BCUT2D eigenvalue weighted by Gasteiger charge is -2.41. The second-order valence-electron chi connectivity index (χ2n) is 7.18. The number of nitrogens with one attached hydrogen (secondary N) is 1. The van der Waals surface area contributed by atoms with E-state index < -0.39 is 5.60 Å². The first-order chi connectivity index (χ1) is 9.74. The second-order valence-corrected chi connectivity index (χ2v) is 7.18. The van der Waals surface area contributed by atoms with Crippen LogP contribution in [0.25, 0.3) is 0 Å². The first kappa shape index (κ1) is 18.2. The smallest absolute Gasteiger partial charge is 0.410 e. The largest absolute Gasteiger partial charge is 0.444 e. The Morgan fingerprint density at radius 3 is 2.57 bits per heavy atom. The van der Waals surface area contributed by atoms with E-state index in [1.54, 1.807) is 0 Å². The van der Waals surface area contributed by atoms with Gasteiger partial charge in [-0.3, -0.25) is 0 Å². The lowest BCUT2D eigenvalue weighted by Crippen LogP contribution is -2.56. The Balaban J connectivity index is 2.80. The second kappa shape index (κ2) is 7.99. The molecule has 0 saturated carbocycles. The van der Waals surface area contributed by atoms with Crippen LogP contribution in [0.15, 0.2) is 0 Å². The van der Waals surface area contributed by atoms with Gasteiger partial charge in [0.2, 0.25) is 0 Å². The van der Waals surface area contributed by atoms with Crippen LogP contribution in [0.2, 0.25) is 0 Å². The molecule has 2 atom stereocenters. The minimum Gasteiger partial charge on any atom is -0.444 e. The summed E-state index contributed by atoms with van der Waals surface area (Å²) in [5.41, 5.74) is -0.475. The summed E-state index contributed by atoms with van der Waals surface area (Å²) < 4.78 is 5.54. The Bertz CT molecular complexity index is 326. The third-order valence-electron chi connectivity index (χ3n) is 3.63. The average molecular weight is 300 g/mol. The van der Waals surface area contributed by atoms with Crippen molar-refractivity contribution in [1.29, 1.82) is 0 Å². The number of amides is 1. The highest BCUT2D eigenvalue weighted by Gasteiger charge is 2.35. The Morgan fingerprint density at radius 2 is 2.05 bits per heavy atom. The normalized spacial score (nSPS) is 21.5. The minimum absolute atomic E-state index is 0.100. The Labute approximate surface area is 129 Å². The Hall–Kier alpha value is -0.810. The summed E-state index contributed by atoms with van der Waals surface area (Å²) in [6.45, 7) is 10.7. The lowest BCUT2D eigenvalue weighted by molar-refractivity contribution is 0.00282. The molecule has 0 spiro atoms. The van der Waals surface area contributed by atoms with Gasteiger partial charge in [-0.15, -0.1) is 0 Å². The Morgan fingerprint density at radius 1 is 1.38 bits per heavy atom. The summed E-state index contributed by atoms with van der Waals surface area (Å²) in [7, 11) is 0. The van der Waals surface area contributed by atoms with Crippen LogP contribution < -0.4 is 5.32 Å². The molecular formula is C16H32N2O3. The topological polar surface area (TPSA) is 61.8 Å². The summed E-state index contributed by atoms with van der Waals surface area (Å²) in [5.74, 6) is 0. The number of hydrogen-bond acceptors (Lipinski definition) is 4. The highest BCUT2D eigenvalue weighted by atomic mass is 16.6. The first-order valence-electron chi connectivity index (χ1n) is 8.11. The summed E-state index contributed by atoms with van der Waals surface area (Å²) in [4.78, 5) is 14.3. The maximum absolute atomic E-state index is 12.4. The van der Waals surface area contributed by atoms with Crippen molar-refractivity contribution in [3.05, 3.63) is 0 Å². The molecule has 1 fully saturated rings. The quantitative estimate of drug-likeness (QED) is 0.819. The van der Waals surface area contributed by atoms with Crippen molar-refractivity contribution < 1.29 is 14.6 Å². The molecule has 124 valence electrons. The lowest BCUT2D eigenvalue weighted by atomic mass is 9.93. The predicted octanol–water partition coefficient (Wildman–Crippen LogP) is 2.53. The number of aliphatic hydroxyl groups is 1. The molecule has 1 saturated heterocycles. The van der Waals surface area contributed by atoms with E-state index in [2.05, 4.69) is 19.2 Å². The van der Waals surface area contributed by atoms with Gasteiger partial charge < -0.3 is 20.1 Å². The van der Waals surface area contributed by atoms with Gasteiger partial charge in [-0.1, -0.05) is 13.8 Å². The number of aliphatic hydroxyl groups excluding tert-OH is 1. The first-order valence-corrected chi connectivity index (χ1v) is 8.11. The molecule has 5 heteroatoms. The van der Waals surface area contributed by atoms with E-state index in [1.165, 1.54) is 0 Å². The molecule has 0 radical (unpaired) electrons. The number of nitrogens with zero attached hydrogens (tertiary/aromatic N) is 1. The number of ether oxygens (including phenoxy) is 1. The number of likely N-dealkylation sites (tertiary alicyclic amines) is 1. The molecule has 1 amide bonds. The van der Waals surface area contributed by atoms with Gasteiger partial charge in [-0.05, 0) is 46.5 Å². The van der Waals surface area contributed by atoms with Gasteiger partial charge in [0.05, 0.1) is 6.04 Å². The van der Waals surface area contributed by atoms with Gasteiger partial charge in [-0.2, -0.15) is 0 Å². The molecule has 2 N–H and O–H groups in total. The number of carbonyl (C=O) groups is 1. The summed E-state index contributed by atoms with van der Waals surface area (Å²) in [6.07, 6.45) is 3.52. The van der Waals surface area contributed by atoms with Gasteiger partial charge in [0.1, 0.15) is 5.60 Å². The van der Waals surface area contributed by atoms with Crippen molar-refractivity contribution in [2.45, 2.75) is 84.0 Å². The van der Waals surface area contributed by atoms with Gasteiger partial charge in [0, 0.05) is 25.2 Å². The molecule has 5 nitrogen and oxygen atoms in total. The van der Waals surface area contributed by atoms with E-state index in [9.17, 15) is 9.90 Å². The number of piperidine rings is 1. The van der Waals surface area contributed by atoms with E-state index in [1.807, 2.05) is 25.7 Å². The van der Waals surface area contributed by atoms with Crippen molar-refractivity contribution in [2.24, 2.45) is 0 Å². The fourth-order valence-electron chi connectivity index (χ4n) is 2.88. The molecule has 21 heavy (non-hydrogen) atoms. The third kappa shape index (κ3) is 6.22. The van der Waals surface area contributed by atoms with Crippen LogP contribution in [-0.2, 0) is 4.74 Å². The fourth-order valence-corrected chi connectivity index (χ4v) is 2.88. The van der Waals surface area contributed by atoms with Crippen LogP contribution in [0.4, 0.5) is 4.79 Å². The van der Waals surface area contributed by atoms with Crippen LogP contribution in [0, 0.1) is 0 Å². The molecule has 0 unspecified atom stereocenters. The van der Waals surface area contributed by atoms with Crippen LogP contribution >= 0.6 is 0 Å². The number of rotatable bonds is 5. The molecule has 1 aliphatic heterocycles. The van der Waals surface area contributed by atoms with Crippen LogP contribution in [-0.4, -0.2) is 53.0 Å². The molecule has 0 aromatic carbocycles. The zero-order valence-electron chi connectivity index (χ0n) is 14.2. The number of hydrogen-bond donors (Lipinski definition) is 2. The van der Waals surface area contributed by atoms with Crippen molar-refractivity contribution in [2.75, 3.05) is 13.2 Å². The van der Waals surface area contributed by atoms with Crippen LogP contribution in [0.3, 0.4) is 0 Å². The highest BCUT2D eigenvalue weighted by molar-refractivity contribution is 5.68. The average Bonchev–Trinajstić information content (AvgIpc) is 2.35. The predicted molar refractivity (Wildman–Crippen MR) is 84.3 cm³/mol. The van der Waals surface area contributed by atoms with Crippen molar-refractivity contribution >= 4 is 6.09 Å². The monoisotopic (exact) mass is 300 g/mol. The number of carbonyl (C=O) groups excluding carboxylic acids is 1. The van der Waals surface area contributed by atoms with Gasteiger partial charge >= 0.3 is 6.09 Å². The molecule has 0 aromatic heterocycles. The van der Waals surface area contributed by atoms with E-state index in [0.717, 1.165) is 25.8 Å². The van der Waals surface area contributed by atoms with Gasteiger partial charge in [0.15, 0.2) is 0 Å². The molecule has 0 bridgehead atoms. The van der Waals surface area contributed by atoms with Crippen LogP contribution in [0.1, 0.15) is 60.3 Å². The highest BCUT2D eigenvalue weighted by Crippen LogP contribution is 2.24. The van der Waals surface area contributed by atoms with E-state index in [4.69, 9.17) is 4.74 Å². The zero-order valence-corrected chi connectivity index (χ0v) is 14.2. The SMILES string of the molecule is CC(C)N[C@@H](CCO)[C@H]1CCCCN1C(=O)OC(C)(C)C. The van der Waals surface area contributed by atoms with Gasteiger partial charge in [0.25, 0.3) is 0 Å². The van der Waals surface area contributed by atoms with E-state index >= 15 is 0 Å². The molecule has 0 aromatic rings. The zero-order chi connectivity index (χ0) is 16.0. The maximum Gasteiger partial charge on any atom is 0.410 e. The Kier molecular flexibility index (Phi) is 6.94. The molecular weight excluding hydrogens is 268 g/mol. The van der Waals surface area contributed by atoms with Crippen molar-refractivity contribution in [3.63, 3.8) is 0 Å². The van der Waals surface area contributed by atoms with Crippen LogP contribution in [0.5, 0.6) is 0 Å². The van der Waals surface area contributed by atoms with Gasteiger partial charge in [-0.25, -0.2) is 4.79 Å². The molecule has 1 heterocycles. The van der Waals surface area contributed by atoms with Crippen molar-refractivity contribution in [3.8, 4) is 0 Å². The summed E-state index contributed by atoms with van der Waals surface area (Å²) >= 11 is 0. The summed E-state index contributed by atoms with van der Waals surface area (Å²) in [6, 6.07) is 0.537. The standard InChI is InChI=1S/C16H32N2O3/c1-12(2)17-13(9-11-19)14-8-6-7-10-18(14)15(20)21-16(3,4)5/h12-14,17,19H,6-11H2,1-5H3/t13-,14+/m0/s1. The minimum atomic E-state index is -0.475. The molecule has 1 aliphatic rings. The fraction of sp³-hybridized carbons (Fsp3) is 0.938. The maximum atomic E-state index is 12.4. The summed E-state index contributed by atoms with van der Waals surface area (Å²) in [5, 5.41) is 12.8. The molecule has 1 rings (SSSR count). The molecule has 0 aliphatic carbocycles. The van der Waals surface area contributed by atoms with E-state index in [0.29, 0.717) is 12.5 Å².